The number of nitrogens with zero attached hydrogens (tertiary/aromatic N) is 1. The van der Waals surface area contributed by atoms with Crippen molar-refractivity contribution in [3.8, 4) is 0 Å². The van der Waals surface area contributed by atoms with E-state index in [2.05, 4.69) is 16.2 Å². The summed E-state index contributed by atoms with van der Waals surface area (Å²) in [5.74, 6) is -0.434. The molecule has 0 aliphatic heterocycles. The van der Waals surface area contributed by atoms with Crippen LogP contribution >= 0.6 is 23.2 Å². The van der Waals surface area contributed by atoms with E-state index in [0.29, 0.717) is 21.3 Å². The first-order valence-electron chi connectivity index (χ1n) is 6.96. The summed E-state index contributed by atoms with van der Waals surface area (Å²) in [7, 11) is 3.75. The first kappa shape index (κ1) is 17.9. The average Bonchev–Trinajstić information content (AvgIpc) is 2.55. The van der Waals surface area contributed by atoms with Crippen molar-refractivity contribution in [1.29, 1.82) is 0 Å². The molecule has 6 nitrogen and oxygen atoms in total. The van der Waals surface area contributed by atoms with Gasteiger partial charge in [0.2, 0.25) is 0 Å². The summed E-state index contributed by atoms with van der Waals surface area (Å²) in [4.78, 5) is 25.8. The molecule has 126 valence electrons. The lowest BCUT2D eigenvalue weighted by Gasteiger charge is -2.14. The van der Waals surface area contributed by atoms with Crippen molar-refractivity contribution in [1.82, 2.24) is 10.9 Å². The van der Waals surface area contributed by atoms with Crippen LogP contribution in [-0.2, 0) is 0 Å². The smallest absolute Gasteiger partial charge is 0.337 e. The molecule has 0 saturated heterocycles. The van der Waals surface area contributed by atoms with Crippen molar-refractivity contribution >= 4 is 46.5 Å². The molecule has 0 aliphatic carbocycles. The number of hydrogen-bond donors (Lipinski definition) is 3. The van der Waals surface area contributed by atoms with E-state index < -0.39 is 11.9 Å². The van der Waals surface area contributed by atoms with E-state index in [0.717, 1.165) is 5.69 Å². The third-order valence-corrected chi connectivity index (χ3v) is 3.64. The highest BCUT2D eigenvalue weighted by Crippen LogP contribution is 2.25. The van der Waals surface area contributed by atoms with E-state index in [9.17, 15) is 9.59 Å². The maximum Gasteiger partial charge on any atom is 0.337 e. The standard InChI is InChI=1S/C16H16Cl2N4O2/c1-22(2)12-5-3-4-10(8-12)15(23)20-21-16(24)19-14-7-6-11(17)9-13(14)18/h3-9H,1-2H3,(H,20,23)(H2,19,21,24). The highest BCUT2D eigenvalue weighted by atomic mass is 35.5. The maximum absolute atomic E-state index is 12.1. The predicted octanol–water partition coefficient (Wildman–Crippen LogP) is 3.53. The summed E-state index contributed by atoms with van der Waals surface area (Å²) < 4.78 is 0. The molecular weight excluding hydrogens is 351 g/mol. The molecule has 8 heteroatoms. The lowest BCUT2D eigenvalue weighted by Crippen LogP contribution is -2.44. The van der Waals surface area contributed by atoms with Gasteiger partial charge in [-0.25, -0.2) is 10.2 Å². The Hall–Kier alpha value is -2.44. The molecule has 3 amide bonds. The van der Waals surface area contributed by atoms with E-state index in [1.807, 2.05) is 25.1 Å². The van der Waals surface area contributed by atoms with Crippen molar-refractivity contribution in [3.63, 3.8) is 0 Å². The van der Waals surface area contributed by atoms with Crippen molar-refractivity contribution in [2.75, 3.05) is 24.3 Å². The number of anilines is 2. The fourth-order valence-electron chi connectivity index (χ4n) is 1.86. The van der Waals surface area contributed by atoms with Crippen LogP contribution in [0.15, 0.2) is 42.5 Å². The molecule has 3 N–H and O–H groups in total. The number of urea groups is 1. The minimum atomic E-state index is -0.628. The molecule has 0 saturated carbocycles. The minimum absolute atomic E-state index is 0.294. The Morgan fingerprint density at radius 3 is 2.42 bits per heavy atom. The summed E-state index contributed by atoms with van der Waals surface area (Å²) in [6.07, 6.45) is 0. The lowest BCUT2D eigenvalue weighted by atomic mass is 10.2. The zero-order chi connectivity index (χ0) is 17.7. The summed E-state index contributed by atoms with van der Waals surface area (Å²) >= 11 is 11.7. The predicted molar refractivity (Wildman–Crippen MR) is 96.9 cm³/mol. The van der Waals surface area contributed by atoms with E-state index in [-0.39, 0.29) is 0 Å². The van der Waals surface area contributed by atoms with Gasteiger partial charge in [0.15, 0.2) is 0 Å². The fraction of sp³-hybridized carbons (Fsp3) is 0.125. The van der Waals surface area contributed by atoms with Crippen LogP contribution in [0.2, 0.25) is 10.0 Å². The van der Waals surface area contributed by atoms with Crippen molar-refractivity contribution in [2.45, 2.75) is 0 Å². The fourth-order valence-corrected chi connectivity index (χ4v) is 2.31. The number of rotatable bonds is 3. The number of benzene rings is 2. The van der Waals surface area contributed by atoms with Gasteiger partial charge in [-0.15, -0.1) is 0 Å². The van der Waals surface area contributed by atoms with Gasteiger partial charge in [0.25, 0.3) is 5.91 Å². The van der Waals surface area contributed by atoms with E-state index in [4.69, 9.17) is 23.2 Å². The molecule has 2 aromatic rings. The van der Waals surface area contributed by atoms with Gasteiger partial charge in [-0.05, 0) is 36.4 Å². The third kappa shape index (κ3) is 4.78. The van der Waals surface area contributed by atoms with Crippen LogP contribution in [0.3, 0.4) is 0 Å². The number of nitrogens with one attached hydrogen (secondary N) is 3. The molecule has 2 rings (SSSR count). The van der Waals surface area contributed by atoms with Gasteiger partial charge in [0.05, 0.1) is 10.7 Å². The van der Waals surface area contributed by atoms with E-state index >= 15 is 0 Å². The molecule has 0 unspecified atom stereocenters. The largest absolute Gasteiger partial charge is 0.378 e. The van der Waals surface area contributed by atoms with Gasteiger partial charge in [0, 0.05) is 30.4 Å². The SMILES string of the molecule is CN(C)c1cccc(C(=O)NNC(=O)Nc2ccc(Cl)cc2Cl)c1. The Morgan fingerprint density at radius 1 is 1.00 bits per heavy atom. The monoisotopic (exact) mass is 366 g/mol. The van der Waals surface area contributed by atoms with Gasteiger partial charge >= 0.3 is 6.03 Å². The van der Waals surface area contributed by atoms with Crippen LogP contribution in [0.1, 0.15) is 10.4 Å². The van der Waals surface area contributed by atoms with Crippen LogP contribution in [0, 0.1) is 0 Å². The number of carbonyl (C=O) groups excluding carboxylic acids is 2. The van der Waals surface area contributed by atoms with Crippen molar-refractivity contribution < 1.29 is 9.59 Å². The Morgan fingerprint density at radius 2 is 1.75 bits per heavy atom. The van der Waals surface area contributed by atoms with Gasteiger partial charge in [-0.3, -0.25) is 10.2 Å². The van der Waals surface area contributed by atoms with Crippen LogP contribution in [0.4, 0.5) is 16.2 Å². The van der Waals surface area contributed by atoms with Gasteiger partial charge in [-0.2, -0.15) is 0 Å². The van der Waals surface area contributed by atoms with Gasteiger partial charge in [0.1, 0.15) is 0 Å². The molecule has 0 bridgehead atoms. The average molecular weight is 367 g/mol. The number of halogens is 2. The first-order valence-corrected chi connectivity index (χ1v) is 7.72. The molecule has 0 atom stereocenters. The Kier molecular flexibility index (Phi) is 5.89. The van der Waals surface area contributed by atoms with E-state index in [1.54, 1.807) is 30.3 Å². The number of hydrazine groups is 1. The molecule has 0 fully saturated rings. The molecule has 0 spiro atoms. The van der Waals surface area contributed by atoms with Crippen molar-refractivity contribution in [3.05, 3.63) is 58.1 Å². The molecule has 0 aromatic heterocycles. The summed E-state index contributed by atoms with van der Waals surface area (Å²) in [5.41, 5.74) is 6.27. The highest BCUT2D eigenvalue weighted by molar-refractivity contribution is 6.36. The summed E-state index contributed by atoms with van der Waals surface area (Å²) in [6, 6.07) is 11.0. The molecular formula is C16H16Cl2N4O2. The molecule has 24 heavy (non-hydrogen) atoms. The Bertz CT molecular complexity index is 765. The summed E-state index contributed by atoms with van der Waals surface area (Å²) in [6.45, 7) is 0. The van der Waals surface area contributed by atoms with Crippen LogP contribution in [-0.4, -0.2) is 26.0 Å². The van der Waals surface area contributed by atoms with Crippen LogP contribution < -0.4 is 21.1 Å². The topological polar surface area (TPSA) is 73.5 Å². The number of amides is 3. The molecule has 0 radical (unpaired) electrons. The van der Waals surface area contributed by atoms with E-state index in [1.165, 1.54) is 6.07 Å². The zero-order valence-electron chi connectivity index (χ0n) is 13.1. The minimum Gasteiger partial charge on any atom is -0.378 e. The zero-order valence-corrected chi connectivity index (χ0v) is 14.6. The highest BCUT2D eigenvalue weighted by Gasteiger charge is 2.10. The molecule has 0 heterocycles. The molecule has 0 aliphatic rings. The second-order valence-electron chi connectivity index (χ2n) is 5.10. The lowest BCUT2D eigenvalue weighted by molar-refractivity contribution is 0.0938. The van der Waals surface area contributed by atoms with Gasteiger partial charge < -0.3 is 10.2 Å². The Labute approximate surface area is 149 Å². The van der Waals surface area contributed by atoms with Crippen molar-refractivity contribution in [2.24, 2.45) is 0 Å². The maximum atomic E-state index is 12.1. The first-order chi connectivity index (χ1) is 11.4. The summed E-state index contributed by atoms with van der Waals surface area (Å²) in [5, 5.41) is 3.26. The quantitative estimate of drug-likeness (QED) is 0.727. The second kappa shape index (κ2) is 7.90. The third-order valence-electron chi connectivity index (χ3n) is 3.09. The number of hydrogen-bond acceptors (Lipinski definition) is 3. The van der Waals surface area contributed by atoms with Gasteiger partial charge in [-0.1, -0.05) is 29.3 Å². The molecule has 2 aromatic carbocycles. The van der Waals surface area contributed by atoms with Crippen LogP contribution in [0.5, 0.6) is 0 Å². The normalized spacial score (nSPS) is 10.0. The Balaban J connectivity index is 1.93. The van der Waals surface area contributed by atoms with Crippen LogP contribution in [0.25, 0.3) is 0 Å². The second-order valence-corrected chi connectivity index (χ2v) is 5.95. The number of carbonyl (C=O) groups is 2.